The van der Waals surface area contributed by atoms with Crippen molar-refractivity contribution < 1.29 is 19.0 Å². The number of primary amides is 1. The van der Waals surface area contributed by atoms with E-state index in [-0.39, 0.29) is 6.29 Å². The third-order valence-electron chi connectivity index (χ3n) is 2.35. The number of carbonyl (C=O) groups is 1. The molecular formula is C12H15N3O4. The second kappa shape index (κ2) is 6.72. The molecular weight excluding hydrogens is 250 g/mol. The lowest BCUT2D eigenvalue weighted by Crippen LogP contribution is -2.24. The highest BCUT2D eigenvalue weighted by Gasteiger charge is 2.16. The van der Waals surface area contributed by atoms with Gasteiger partial charge in [-0.1, -0.05) is 0 Å². The normalized spacial score (nSPS) is 15.8. The summed E-state index contributed by atoms with van der Waals surface area (Å²) in [5.74, 6) is 0.708. The summed E-state index contributed by atoms with van der Waals surface area (Å²) < 4.78 is 16.0. The van der Waals surface area contributed by atoms with Crippen LogP contribution in [0, 0.1) is 0 Å². The zero-order valence-corrected chi connectivity index (χ0v) is 10.2. The number of amides is 2. The van der Waals surface area contributed by atoms with E-state index in [9.17, 15) is 4.79 Å². The Morgan fingerprint density at radius 1 is 1.42 bits per heavy atom. The van der Waals surface area contributed by atoms with Gasteiger partial charge in [0.2, 0.25) is 0 Å². The monoisotopic (exact) mass is 265 g/mol. The Kier molecular flexibility index (Phi) is 4.71. The minimum Gasteiger partial charge on any atom is -0.488 e. The van der Waals surface area contributed by atoms with E-state index in [0.29, 0.717) is 25.6 Å². The van der Waals surface area contributed by atoms with Crippen molar-refractivity contribution in [1.82, 2.24) is 5.43 Å². The van der Waals surface area contributed by atoms with Crippen molar-refractivity contribution in [2.45, 2.75) is 6.29 Å². The maximum absolute atomic E-state index is 10.4. The van der Waals surface area contributed by atoms with E-state index in [0.717, 1.165) is 5.56 Å². The smallest absolute Gasteiger partial charge is 0.332 e. The van der Waals surface area contributed by atoms with Crippen molar-refractivity contribution in [2.75, 3.05) is 19.8 Å². The molecule has 0 atom stereocenters. The minimum absolute atomic E-state index is 0.291. The van der Waals surface area contributed by atoms with E-state index < -0.39 is 6.03 Å². The van der Waals surface area contributed by atoms with Crippen LogP contribution in [0.15, 0.2) is 29.4 Å². The molecule has 7 heteroatoms. The topological polar surface area (TPSA) is 95.2 Å². The van der Waals surface area contributed by atoms with Crippen molar-refractivity contribution in [3.8, 4) is 5.75 Å². The first kappa shape index (κ1) is 13.3. The number of rotatable bonds is 5. The van der Waals surface area contributed by atoms with Gasteiger partial charge in [0.15, 0.2) is 6.29 Å². The Hall–Kier alpha value is -2.12. The fraction of sp³-hybridized carbons (Fsp3) is 0.333. The molecule has 2 amide bonds. The second-order valence-electron chi connectivity index (χ2n) is 3.79. The molecule has 1 aliphatic heterocycles. The number of nitrogens with two attached hydrogens (primary N) is 1. The van der Waals surface area contributed by atoms with Crippen LogP contribution in [0.5, 0.6) is 5.75 Å². The van der Waals surface area contributed by atoms with Gasteiger partial charge in [0.25, 0.3) is 0 Å². The summed E-state index contributed by atoms with van der Waals surface area (Å²) in [4.78, 5) is 10.4. The van der Waals surface area contributed by atoms with Crippen LogP contribution in [0.2, 0.25) is 0 Å². The zero-order chi connectivity index (χ0) is 13.5. The highest BCUT2D eigenvalue weighted by Crippen LogP contribution is 2.13. The van der Waals surface area contributed by atoms with Crippen LogP contribution < -0.4 is 15.9 Å². The molecule has 0 saturated carbocycles. The van der Waals surface area contributed by atoms with Gasteiger partial charge in [-0.2, -0.15) is 5.10 Å². The Labute approximate surface area is 110 Å². The Bertz CT molecular complexity index is 441. The van der Waals surface area contributed by atoms with Crippen molar-refractivity contribution in [2.24, 2.45) is 10.8 Å². The maximum atomic E-state index is 10.4. The summed E-state index contributed by atoms with van der Waals surface area (Å²) in [5, 5.41) is 3.65. The summed E-state index contributed by atoms with van der Waals surface area (Å²) in [5.41, 5.74) is 7.80. The number of ether oxygens (including phenoxy) is 3. The van der Waals surface area contributed by atoms with E-state index in [1.54, 1.807) is 24.3 Å². The summed E-state index contributed by atoms with van der Waals surface area (Å²) in [6.07, 6.45) is 1.19. The summed E-state index contributed by atoms with van der Waals surface area (Å²) in [6, 6.07) is 6.49. The van der Waals surface area contributed by atoms with Gasteiger partial charge in [-0.05, 0) is 29.8 Å². The summed E-state index contributed by atoms with van der Waals surface area (Å²) >= 11 is 0. The predicted octanol–water partition coefficient (Wildman–Crippen LogP) is 0.440. The average Bonchev–Trinajstić information content (AvgIpc) is 2.90. The molecule has 0 spiro atoms. The Morgan fingerprint density at radius 3 is 2.74 bits per heavy atom. The lowest BCUT2D eigenvalue weighted by molar-refractivity contribution is -0.0684. The van der Waals surface area contributed by atoms with E-state index >= 15 is 0 Å². The van der Waals surface area contributed by atoms with E-state index in [1.165, 1.54) is 6.21 Å². The predicted molar refractivity (Wildman–Crippen MR) is 67.9 cm³/mol. The van der Waals surface area contributed by atoms with Crippen LogP contribution in [0.3, 0.4) is 0 Å². The van der Waals surface area contributed by atoms with Gasteiger partial charge in [0, 0.05) is 0 Å². The average molecular weight is 265 g/mol. The third kappa shape index (κ3) is 4.57. The molecule has 19 heavy (non-hydrogen) atoms. The minimum atomic E-state index is -0.701. The Balaban J connectivity index is 1.80. The van der Waals surface area contributed by atoms with Crippen molar-refractivity contribution >= 4 is 12.2 Å². The lowest BCUT2D eigenvalue weighted by atomic mass is 10.2. The first-order valence-electron chi connectivity index (χ1n) is 5.78. The highest BCUT2D eigenvalue weighted by molar-refractivity contribution is 5.81. The van der Waals surface area contributed by atoms with Gasteiger partial charge in [-0.25, -0.2) is 10.2 Å². The molecule has 102 valence electrons. The van der Waals surface area contributed by atoms with Crippen LogP contribution in [-0.4, -0.2) is 38.4 Å². The van der Waals surface area contributed by atoms with E-state index in [4.69, 9.17) is 19.9 Å². The number of nitrogens with one attached hydrogen (secondary N) is 1. The SMILES string of the molecule is NC(=O)NN=Cc1ccc(OCC2OCCO2)cc1. The molecule has 7 nitrogen and oxygen atoms in total. The fourth-order valence-electron chi connectivity index (χ4n) is 1.49. The number of benzene rings is 1. The van der Waals surface area contributed by atoms with Gasteiger partial charge in [-0.3, -0.25) is 0 Å². The van der Waals surface area contributed by atoms with E-state index in [2.05, 4.69) is 10.5 Å². The number of urea groups is 1. The second-order valence-corrected chi connectivity index (χ2v) is 3.79. The number of hydrogen-bond donors (Lipinski definition) is 2. The fourth-order valence-corrected chi connectivity index (χ4v) is 1.49. The molecule has 0 unspecified atom stereocenters. The number of hydrogen-bond acceptors (Lipinski definition) is 5. The van der Waals surface area contributed by atoms with Gasteiger partial charge < -0.3 is 19.9 Å². The van der Waals surface area contributed by atoms with Crippen LogP contribution in [-0.2, 0) is 9.47 Å². The molecule has 3 N–H and O–H groups in total. The molecule has 1 aromatic rings. The first-order valence-corrected chi connectivity index (χ1v) is 5.78. The number of hydrazone groups is 1. The first-order chi connectivity index (χ1) is 9.24. The lowest BCUT2D eigenvalue weighted by Gasteiger charge is -2.10. The Morgan fingerprint density at radius 2 is 2.11 bits per heavy atom. The summed E-state index contributed by atoms with van der Waals surface area (Å²) in [7, 11) is 0. The molecule has 0 radical (unpaired) electrons. The molecule has 1 heterocycles. The molecule has 0 aromatic heterocycles. The molecule has 0 aliphatic carbocycles. The molecule has 1 fully saturated rings. The van der Waals surface area contributed by atoms with Crippen molar-refractivity contribution in [3.63, 3.8) is 0 Å². The summed E-state index contributed by atoms with van der Waals surface area (Å²) in [6.45, 7) is 1.57. The van der Waals surface area contributed by atoms with Crippen LogP contribution >= 0.6 is 0 Å². The number of carbonyl (C=O) groups excluding carboxylic acids is 1. The molecule has 1 saturated heterocycles. The van der Waals surface area contributed by atoms with Gasteiger partial charge in [0.05, 0.1) is 19.4 Å². The third-order valence-corrected chi connectivity index (χ3v) is 2.35. The standard InChI is InChI=1S/C12H15N3O4/c13-12(16)15-14-7-9-1-3-10(4-2-9)19-8-11-17-5-6-18-11/h1-4,7,11H,5-6,8H2,(H3,13,15,16). The van der Waals surface area contributed by atoms with Crippen LogP contribution in [0.4, 0.5) is 4.79 Å². The molecule has 1 aliphatic rings. The van der Waals surface area contributed by atoms with Gasteiger partial charge >= 0.3 is 6.03 Å². The van der Waals surface area contributed by atoms with Gasteiger partial charge in [-0.15, -0.1) is 0 Å². The molecule has 0 bridgehead atoms. The highest BCUT2D eigenvalue weighted by atomic mass is 16.7. The molecule has 2 rings (SSSR count). The number of nitrogens with zero attached hydrogens (tertiary/aromatic N) is 1. The van der Waals surface area contributed by atoms with Gasteiger partial charge in [0.1, 0.15) is 12.4 Å². The zero-order valence-electron chi connectivity index (χ0n) is 10.2. The van der Waals surface area contributed by atoms with E-state index in [1.807, 2.05) is 0 Å². The maximum Gasteiger partial charge on any atom is 0.332 e. The van der Waals surface area contributed by atoms with Crippen LogP contribution in [0.1, 0.15) is 5.56 Å². The molecule has 1 aromatic carbocycles. The largest absolute Gasteiger partial charge is 0.488 e. The van der Waals surface area contributed by atoms with Crippen LogP contribution in [0.25, 0.3) is 0 Å². The van der Waals surface area contributed by atoms with Crippen molar-refractivity contribution in [3.05, 3.63) is 29.8 Å². The van der Waals surface area contributed by atoms with Crippen molar-refractivity contribution in [1.29, 1.82) is 0 Å². The quantitative estimate of drug-likeness (QED) is 0.596.